The fourth-order valence-electron chi connectivity index (χ4n) is 5.40. The molecule has 0 aliphatic carbocycles. The predicted octanol–water partition coefficient (Wildman–Crippen LogP) is 3.06. The molecule has 2 aromatic heterocycles. The van der Waals surface area contributed by atoms with E-state index in [1.165, 1.54) is 0 Å². The maximum absolute atomic E-state index is 15.9. The number of hydrogen-bond donors (Lipinski definition) is 0. The zero-order chi connectivity index (χ0) is 21.2. The molecule has 0 saturated carbocycles. The van der Waals surface area contributed by atoms with Crippen LogP contribution in [0.3, 0.4) is 0 Å². The van der Waals surface area contributed by atoms with Crippen molar-refractivity contribution in [3.05, 3.63) is 35.8 Å². The van der Waals surface area contributed by atoms with Gasteiger partial charge in [-0.05, 0) is 44.0 Å². The van der Waals surface area contributed by atoms with Crippen molar-refractivity contribution in [1.82, 2.24) is 15.4 Å². The van der Waals surface area contributed by atoms with Crippen molar-refractivity contribution in [1.29, 1.82) is 0 Å². The summed E-state index contributed by atoms with van der Waals surface area (Å²) in [6.07, 6.45) is 5.93. The van der Waals surface area contributed by atoms with E-state index in [0.29, 0.717) is 42.1 Å². The summed E-state index contributed by atoms with van der Waals surface area (Å²) in [5.41, 5.74) is 2.12. The van der Waals surface area contributed by atoms with E-state index < -0.39 is 11.2 Å². The molecule has 0 N–H and O–H groups in total. The first kappa shape index (κ1) is 18.6. The third kappa shape index (κ3) is 2.65. The Morgan fingerprint density at radius 2 is 2.06 bits per heavy atom. The Labute approximate surface area is 177 Å². The molecule has 6 rings (SSSR count). The highest BCUT2D eigenvalue weighted by Crippen LogP contribution is 2.48. The molecule has 3 atom stereocenters. The minimum Gasteiger partial charge on any atom is -0.372 e. The summed E-state index contributed by atoms with van der Waals surface area (Å²) in [5, 5.41) is 12.7. The highest BCUT2D eigenvalue weighted by Gasteiger charge is 2.52. The molecule has 0 radical (unpaired) electrons. The van der Waals surface area contributed by atoms with Gasteiger partial charge in [0.05, 0.1) is 34.7 Å². The van der Waals surface area contributed by atoms with E-state index in [4.69, 9.17) is 9.26 Å². The summed E-state index contributed by atoms with van der Waals surface area (Å²) >= 11 is 0. The lowest BCUT2D eigenvalue weighted by molar-refractivity contribution is -0.0432. The number of rotatable bonds is 1. The normalized spacial score (nSPS) is 26.3. The number of fused-ring (bicyclic) bond motifs is 5. The number of nitrogens with zero attached hydrogens (tertiary/aromatic N) is 6. The molecular weight excluding hydrogens is 399 g/mol. The van der Waals surface area contributed by atoms with Gasteiger partial charge in [0.1, 0.15) is 18.1 Å². The highest BCUT2D eigenvalue weighted by molar-refractivity contribution is 5.98. The van der Waals surface area contributed by atoms with E-state index in [-0.39, 0.29) is 23.8 Å². The lowest BCUT2D eigenvalue weighted by atomic mass is 9.69. The van der Waals surface area contributed by atoms with E-state index >= 15 is 4.39 Å². The van der Waals surface area contributed by atoms with Crippen molar-refractivity contribution in [2.45, 2.75) is 38.5 Å². The Morgan fingerprint density at radius 3 is 2.84 bits per heavy atom. The first-order chi connectivity index (χ1) is 15.1. The van der Waals surface area contributed by atoms with Crippen LogP contribution in [0.2, 0.25) is 0 Å². The van der Waals surface area contributed by atoms with E-state index in [1.54, 1.807) is 18.3 Å². The van der Waals surface area contributed by atoms with Crippen molar-refractivity contribution < 1.29 is 13.7 Å². The molecule has 31 heavy (non-hydrogen) atoms. The van der Waals surface area contributed by atoms with Crippen molar-refractivity contribution in [3.63, 3.8) is 0 Å². The van der Waals surface area contributed by atoms with Crippen LogP contribution >= 0.6 is 0 Å². The van der Waals surface area contributed by atoms with Crippen molar-refractivity contribution in [3.8, 4) is 11.4 Å². The van der Waals surface area contributed by atoms with E-state index in [2.05, 4.69) is 30.2 Å². The first-order valence-corrected chi connectivity index (χ1v) is 10.4. The van der Waals surface area contributed by atoms with Crippen LogP contribution in [0.25, 0.3) is 22.4 Å². The largest absolute Gasteiger partial charge is 0.372 e. The van der Waals surface area contributed by atoms with Crippen molar-refractivity contribution in [2.75, 3.05) is 18.1 Å². The van der Waals surface area contributed by atoms with Gasteiger partial charge in [0.15, 0.2) is 5.82 Å². The average Bonchev–Trinajstić information content (AvgIpc) is 3.18. The summed E-state index contributed by atoms with van der Waals surface area (Å²) in [6.45, 7) is 5.03. The molecule has 0 bridgehead atoms. The average molecular weight is 420 g/mol. The van der Waals surface area contributed by atoms with Gasteiger partial charge >= 0.3 is 0 Å². The van der Waals surface area contributed by atoms with Gasteiger partial charge in [0, 0.05) is 25.2 Å². The number of anilines is 1. The van der Waals surface area contributed by atoms with Gasteiger partial charge in [0.25, 0.3) is 0 Å². The van der Waals surface area contributed by atoms with Crippen LogP contribution in [0.5, 0.6) is 0 Å². The molecular formula is C22H21FN6O2. The second-order valence-corrected chi connectivity index (χ2v) is 8.52. The van der Waals surface area contributed by atoms with E-state index in [0.717, 1.165) is 5.56 Å². The van der Waals surface area contributed by atoms with Crippen LogP contribution in [0.1, 0.15) is 19.4 Å². The second-order valence-electron chi connectivity index (χ2n) is 8.52. The molecule has 3 aliphatic rings. The fraction of sp³-hybridized carbons (Fsp3) is 0.409. The Hall–Kier alpha value is -3.20. The summed E-state index contributed by atoms with van der Waals surface area (Å²) in [7, 11) is 0. The maximum Gasteiger partial charge on any atom is 0.205 e. The number of aromatic nitrogens is 3. The molecule has 0 amide bonds. The second kappa shape index (κ2) is 6.65. The lowest BCUT2D eigenvalue weighted by Gasteiger charge is -2.54. The topological polar surface area (TPSA) is 89.0 Å². The Kier molecular flexibility index (Phi) is 3.98. The third-order valence-electron chi connectivity index (χ3n) is 6.42. The van der Waals surface area contributed by atoms with Gasteiger partial charge in [-0.15, -0.1) is 5.10 Å². The quantitative estimate of drug-likeness (QED) is 0.601. The SMILES string of the molecule is C[C@@H]1CN2c3c(cc4c(-c5cccnn5)noc4c3F)CC3(C=NCN=C3)[C@H]2[C@H](C)O1. The number of halogens is 1. The van der Waals surface area contributed by atoms with Crippen LogP contribution in [-0.4, -0.2) is 59.2 Å². The molecule has 1 aromatic carbocycles. The van der Waals surface area contributed by atoms with Gasteiger partial charge in [-0.1, -0.05) is 5.16 Å². The van der Waals surface area contributed by atoms with Crippen LogP contribution < -0.4 is 4.90 Å². The molecule has 1 fully saturated rings. The van der Waals surface area contributed by atoms with E-state index in [9.17, 15) is 0 Å². The number of ether oxygens (including phenoxy) is 1. The summed E-state index contributed by atoms with van der Waals surface area (Å²) in [4.78, 5) is 11.0. The van der Waals surface area contributed by atoms with Crippen LogP contribution in [0, 0.1) is 11.2 Å². The third-order valence-corrected chi connectivity index (χ3v) is 6.42. The molecule has 5 heterocycles. The molecule has 9 heteroatoms. The van der Waals surface area contributed by atoms with Gasteiger partial charge in [-0.3, -0.25) is 9.98 Å². The van der Waals surface area contributed by atoms with Gasteiger partial charge < -0.3 is 14.2 Å². The molecule has 8 nitrogen and oxygen atoms in total. The zero-order valence-corrected chi connectivity index (χ0v) is 17.2. The summed E-state index contributed by atoms with van der Waals surface area (Å²) < 4.78 is 27.6. The fourth-order valence-corrected chi connectivity index (χ4v) is 5.40. The monoisotopic (exact) mass is 420 g/mol. The minimum atomic E-state index is -0.463. The number of benzene rings is 1. The molecule has 0 unspecified atom stereocenters. The Balaban J connectivity index is 1.59. The Morgan fingerprint density at radius 1 is 1.23 bits per heavy atom. The molecule has 1 saturated heterocycles. The Bertz CT molecular complexity index is 1210. The standard InChI is InChI=1S/C22H21FN6O2/c1-12-8-29-19-14(7-22(9-24-11-25-10-22)21(29)13(2)30-12)6-15-18(16-4-3-5-26-27-16)28-31-20(15)17(19)23/h3-6,9-10,12-13,21H,7-8,11H2,1-2H3/t12-,13+,21-/m1/s1. The van der Waals surface area contributed by atoms with Gasteiger partial charge in [0.2, 0.25) is 5.58 Å². The number of morpholine rings is 1. The van der Waals surface area contributed by atoms with Gasteiger partial charge in [-0.25, -0.2) is 4.39 Å². The summed E-state index contributed by atoms with van der Waals surface area (Å²) in [5.74, 6) is -0.402. The molecule has 3 aromatic rings. The zero-order valence-electron chi connectivity index (χ0n) is 17.2. The molecule has 3 aliphatic heterocycles. The number of aliphatic imine (C=N–C) groups is 2. The predicted molar refractivity (Wildman–Crippen MR) is 114 cm³/mol. The van der Waals surface area contributed by atoms with Crippen molar-refractivity contribution in [2.24, 2.45) is 15.4 Å². The van der Waals surface area contributed by atoms with E-state index in [1.807, 2.05) is 32.3 Å². The first-order valence-electron chi connectivity index (χ1n) is 10.4. The van der Waals surface area contributed by atoms with Crippen LogP contribution in [0.4, 0.5) is 10.1 Å². The highest BCUT2D eigenvalue weighted by atomic mass is 19.1. The van der Waals surface area contributed by atoms with Gasteiger partial charge in [-0.2, -0.15) is 5.10 Å². The minimum absolute atomic E-state index is 0.0355. The number of hydrogen-bond acceptors (Lipinski definition) is 8. The van der Waals surface area contributed by atoms with Crippen LogP contribution in [0.15, 0.2) is 38.9 Å². The molecule has 158 valence electrons. The van der Waals surface area contributed by atoms with Crippen molar-refractivity contribution >= 4 is 29.1 Å². The van der Waals surface area contributed by atoms with Crippen LogP contribution in [-0.2, 0) is 11.2 Å². The lowest BCUT2D eigenvalue weighted by Crippen LogP contribution is -2.65. The summed E-state index contributed by atoms with van der Waals surface area (Å²) in [6, 6.07) is 5.40. The maximum atomic E-state index is 15.9. The molecule has 1 spiro atoms. The smallest absolute Gasteiger partial charge is 0.205 e.